The fraction of sp³-hybridized carbons (Fsp3) is 0.167. The number of β-amino-alcohol motifs (C(OH)–C–C–N with tert-alkyl or cyclic N) is 1. The number of hydrogen-bond donors (Lipinski definition) is 3. The Balaban J connectivity index is 2.20. The van der Waals surface area contributed by atoms with Crippen molar-refractivity contribution in [3.63, 3.8) is 0 Å². The van der Waals surface area contributed by atoms with E-state index in [0.717, 1.165) is 23.1 Å². The second-order valence-corrected chi connectivity index (χ2v) is 4.16. The molecule has 0 saturated carbocycles. The van der Waals surface area contributed by atoms with Gasteiger partial charge < -0.3 is 15.5 Å². The minimum Gasteiger partial charge on any atom is -0.506 e. The molecule has 2 amide bonds. The molecule has 0 spiro atoms. The number of carbonyl (C=O) groups excluding carboxylic acids is 2. The number of nitro benzene ring substituents is 1. The molecule has 3 N–H and O–H groups in total. The van der Waals surface area contributed by atoms with Gasteiger partial charge in [-0.2, -0.15) is 0 Å². The molecule has 0 fully saturated rings. The van der Waals surface area contributed by atoms with Crippen molar-refractivity contribution in [3.8, 4) is 5.75 Å². The maximum atomic E-state index is 11.9. The van der Waals surface area contributed by atoms with Gasteiger partial charge >= 0.3 is 0 Å². The number of phenolic OH excluding ortho intramolecular Hbond substituents is 1. The van der Waals surface area contributed by atoms with Gasteiger partial charge in [-0.25, -0.2) is 0 Å². The van der Waals surface area contributed by atoms with Gasteiger partial charge in [0, 0.05) is 12.1 Å². The van der Waals surface area contributed by atoms with Crippen LogP contribution in [-0.2, 0) is 9.59 Å². The van der Waals surface area contributed by atoms with Crippen LogP contribution in [0.15, 0.2) is 30.0 Å². The Kier molecular flexibility index (Phi) is 3.85. The summed E-state index contributed by atoms with van der Waals surface area (Å²) >= 11 is 0. The van der Waals surface area contributed by atoms with Crippen molar-refractivity contribution >= 4 is 23.2 Å². The SMILES string of the molecule is O=C1C=C(Nc2ccc([N+](=O)[O-])cc2O)C(=O)N1CCO. The molecule has 1 aliphatic rings. The maximum Gasteiger partial charge on any atom is 0.277 e. The number of imide groups is 1. The standard InChI is InChI=1S/C12H11N3O6/c16-4-3-14-11(18)6-9(12(14)19)13-8-2-1-7(15(20)21)5-10(8)17/h1-2,5-6,13,16-17H,3-4H2. The molecule has 0 aromatic heterocycles. The Bertz CT molecular complexity index is 654. The van der Waals surface area contributed by atoms with Crippen LogP contribution in [0.1, 0.15) is 0 Å². The van der Waals surface area contributed by atoms with E-state index in [-0.39, 0.29) is 30.2 Å². The van der Waals surface area contributed by atoms with Gasteiger partial charge in [0.05, 0.1) is 29.8 Å². The summed E-state index contributed by atoms with van der Waals surface area (Å²) in [6.45, 7) is -0.493. The summed E-state index contributed by atoms with van der Waals surface area (Å²) < 4.78 is 0. The molecule has 0 aliphatic carbocycles. The predicted molar refractivity (Wildman–Crippen MR) is 70.3 cm³/mol. The molecule has 9 nitrogen and oxygen atoms in total. The molecular weight excluding hydrogens is 282 g/mol. The lowest BCUT2D eigenvalue weighted by molar-refractivity contribution is -0.384. The molecule has 0 saturated heterocycles. The second kappa shape index (κ2) is 5.59. The van der Waals surface area contributed by atoms with E-state index in [1.165, 1.54) is 6.07 Å². The van der Waals surface area contributed by atoms with Gasteiger partial charge in [-0.05, 0) is 6.07 Å². The first-order valence-corrected chi connectivity index (χ1v) is 5.87. The van der Waals surface area contributed by atoms with Crippen molar-refractivity contribution in [2.75, 3.05) is 18.5 Å². The van der Waals surface area contributed by atoms with Crippen LogP contribution in [-0.4, -0.2) is 45.0 Å². The third-order valence-corrected chi connectivity index (χ3v) is 2.79. The maximum absolute atomic E-state index is 11.9. The number of benzene rings is 1. The van der Waals surface area contributed by atoms with Gasteiger partial charge in [-0.1, -0.05) is 0 Å². The fourth-order valence-electron chi connectivity index (χ4n) is 1.79. The Labute approximate surface area is 118 Å². The average molecular weight is 293 g/mol. The lowest BCUT2D eigenvalue weighted by atomic mass is 10.2. The number of hydrogen-bond acceptors (Lipinski definition) is 7. The molecule has 0 bridgehead atoms. The van der Waals surface area contributed by atoms with E-state index in [1.807, 2.05) is 0 Å². The van der Waals surface area contributed by atoms with Crippen LogP contribution >= 0.6 is 0 Å². The minimum atomic E-state index is -0.671. The predicted octanol–water partition coefficient (Wildman–Crippen LogP) is -0.0427. The third kappa shape index (κ3) is 2.82. The highest BCUT2D eigenvalue weighted by Crippen LogP contribution is 2.29. The number of phenols is 1. The molecule has 0 radical (unpaired) electrons. The van der Waals surface area contributed by atoms with Crippen LogP contribution in [0.2, 0.25) is 0 Å². The summed E-state index contributed by atoms with van der Waals surface area (Å²) in [4.78, 5) is 34.1. The molecule has 1 heterocycles. The lowest BCUT2D eigenvalue weighted by Gasteiger charge is -2.13. The first kappa shape index (κ1) is 14.5. The number of nitro groups is 1. The van der Waals surface area contributed by atoms with Crippen LogP contribution in [0.4, 0.5) is 11.4 Å². The van der Waals surface area contributed by atoms with E-state index in [4.69, 9.17) is 5.11 Å². The van der Waals surface area contributed by atoms with Crippen molar-refractivity contribution in [1.82, 2.24) is 4.90 Å². The summed E-state index contributed by atoms with van der Waals surface area (Å²) in [6, 6.07) is 3.30. The Morgan fingerprint density at radius 3 is 2.62 bits per heavy atom. The molecular formula is C12H11N3O6. The number of anilines is 1. The highest BCUT2D eigenvalue weighted by molar-refractivity contribution is 6.17. The molecule has 0 atom stereocenters. The van der Waals surface area contributed by atoms with Crippen LogP contribution < -0.4 is 5.32 Å². The largest absolute Gasteiger partial charge is 0.506 e. The Morgan fingerprint density at radius 2 is 2.05 bits per heavy atom. The summed E-state index contributed by atoms with van der Waals surface area (Å²) in [5.74, 6) is -1.66. The lowest BCUT2D eigenvalue weighted by Crippen LogP contribution is -2.34. The zero-order valence-corrected chi connectivity index (χ0v) is 10.6. The number of non-ortho nitro benzene ring substituents is 1. The van der Waals surface area contributed by atoms with E-state index in [9.17, 15) is 24.8 Å². The molecule has 21 heavy (non-hydrogen) atoms. The number of aromatic hydroxyl groups is 1. The topological polar surface area (TPSA) is 133 Å². The Hall–Kier alpha value is -2.94. The van der Waals surface area contributed by atoms with Gasteiger partial charge in [0.25, 0.3) is 17.5 Å². The third-order valence-electron chi connectivity index (χ3n) is 2.79. The van der Waals surface area contributed by atoms with Gasteiger partial charge in [-0.15, -0.1) is 0 Å². The monoisotopic (exact) mass is 293 g/mol. The van der Waals surface area contributed by atoms with E-state index in [1.54, 1.807) is 0 Å². The highest BCUT2D eigenvalue weighted by Gasteiger charge is 2.31. The summed E-state index contributed by atoms with van der Waals surface area (Å²) in [6.07, 6.45) is 1.03. The quantitative estimate of drug-likeness (QED) is 0.300. The first-order valence-electron chi connectivity index (χ1n) is 5.87. The van der Waals surface area contributed by atoms with Crippen LogP contribution in [0.3, 0.4) is 0 Å². The van der Waals surface area contributed by atoms with Crippen LogP contribution in [0, 0.1) is 10.1 Å². The summed E-state index contributed by atoms with van der Waals surface area (Å²) in [7, 11) is 0. The number of nitrogens with zero attached hydrogens (tertiary/aromatic N) is 2. The van der Waals surface area contributed by atoms with Gasteiger partial charge in [0.15, 0.2) is 0 Å². The highest BCUT2D eigenvalue weighted by atomic mass is 16.6. The van der Waals surface area contributed by atoms with Gasteiger partial charge in [0.2, 0.25) is 0 Å². The van der Waals surface area contributed by atoms with E-state index in [0.29, 0.717) is 0 Å². The minimum absolute atomic E-state index is 0.0545. The molecule has 0 unspecified atom stereocenters. The van der Waals surface area contributed by atoms with E-state index >= 15 is 0 Å². The number of rotatable bonds is 5. The molecule has 1 aromatic rings. The van der Waals surface area contributed by atoms with Crippen molar-refractivity contribution in [2.24, 2.45) is 0 Å². The van der Waals surface area contributed by atoms with Crippen LogP contribution in [0.25, 0.3) is 0 Å². The number of carbonyl (C=O) groups is 2. The zero-order valence-electron chi connectivity index (χ0n) is 10.6. The number of aliphatic hydroxyl groups is 1. The zero-order chi connectivity index (χ0) is 15.6. The van der Waals surface area contributed by atoms with E-state index in [2.05, 4.69) is 5.32 Å². The smallest absolute Gasteiger partial charge is 0.277 e. The number of amides is 2. The second-order valence-electron chi connectivity index (χ2n) is 4.16. The number of nitrogens with one attached hydrogen (secondary N) is 1. The fourth-order valence-corrected chi connectivity index (χ4v) is 1.79. The molecule has 1 aromatic carbocycles. The summed E-state index contributed by atoms with van der Waals surface area (Å²) in [5, 5.41) is 31.5. The van der Waals surface area contributed by atoms with Crippen molar-refractivity contribution < 1.29 is 24.7 Å². The van der Waals surface area contributed by atoms with Crippen molar-refractivity contribution in [1.29, 1.82) is 0 Å². The molecule has 2 rings (SSSR count). The van der Waals surface area contributed by atoms with Crippen molar-refractivity contribution in [3.05, 3.63) is 40.1 Å². The average Bonchev–Trinajstić information content (AvgIpc) is 2.69. The van der Waals surface area contributed by atoms with Crippen LogP contribution in [0.5, 0.6) is 5.75 Å². The molecule has 1 aliphatic heterocycles. The number of aliphatic hydroxyl groups excluding tert-OH is 1. The molecule has 110 valence electrons. The molecule has 9 heteroatoms. The first-order chi connectivity index (χ1) is 9.93. The van der Waals surface area contributed by atoms with Gasteiger partial charge in [0.1, 0.15) is 11.4 Å². The summed E-state index contributed by atoms with van der Waals surface area (Å²) in [5.41, 5.74) is -0.334. The Morgan fingerprint density at radius 1 is 1.33 bits per heavy atom. The van der Waals surface area contributed by atoms with E-state index < -0.39 is 22.5 Å². The van der Waals surface area contributed by atoms with Gasteiger partial charge in [-0.3, -0.25) is 24.6 Å². The normalized spacial score (nSPS) is 14.3. The van der Waals surface area contributed by atoms with Crippen molar-refractivity contribution in [2.45, 2.75) is 0 Å².